The van der Waals surface area contributed by atoms with Crippen molar-refractivity contribution in [3.8, 4) is 0 Å². The van der Waals surface area contributed by atoms with E-state index in [1.54, 1.807) is 0 Å². The summed E-state index contributed by atoms with van der Waals surface area (Å²) in [6.45, 7) is 0. The van der Waals surface area contributed by atoms with Crippen molar-refractivity contribution >= 4 is 140 Å². The summed E-state index contributed by atoms with van der Waals surface area (Å²) < 4.78 is 0. The van der Waals surface area contributed by atoms with Crippen molar-refractivity contribution in [1.82, 2.24) is 0 Å². The first kappa shape index (κ1) is 24.0. The topological polar surface area (TPSA) is 0 Å². The molecule has 4 heteroatoms. The predicted molar refractivity (Wildman–Crippen MR) is 46.5 cm³/mol. The molecule has 0 radical (unpaired) electrons. The zero-order valence-corrected chi connectivity index (χ0v) is 5.48. The number of hydrogen-bond donors (Lipinski definition) is 0. The van der Waals surface area contributed by atoms with Gasteiger partial charge in [0.1, 0.15) is 0 Å². The van der Waals surface area contributed by atoms with Crippen molar-refractivity contribution in [2.45, 2.75) is 0 Å². The van der Waals surface area contributed by atoms with Crippen LogP contribution in [-0.2, 0) is 0 Å². The Kier molecular flexibility index (Phi) is 93.9. The van der Waals surface area contributed by atoms with Gasteiger partial charge >= 0.3 is 91.9 Å². The van der Waals surface area contributed by atoms with Crippen LogP contribution in [0.2, 0.25) is 0 Å². The largest absolute Gasteiger partial charge is 0.316 e. The minimum absolute atomic E-state index is 0. The van der Waals surface area contributed by atoms with Gasteiger partial charge in [-0.3, -0.25) is 0 Å². The van der Waals surface area contributed by atoms with Gasteiger partial charge in [-0.2, -0.15) is 0 Å². The Morgan fingerprint density at radius 3 is 0.750 bits per heavy atom. The van der Waals surface area contributed by atoms with E-state index >= 15 is 0 Å². The fourth-order valence-electron chi connectivity index (χ4n) is 0. The molecule has 4 heavy (non-hydrogen) atoms. The Hall–Kier alpha value is 4.28. The van der Waals surface area contributed by atoms with Crippen LogP contribution in [0.25, 0.3) is 0 Å². The van der Waals surface area contributed by atoms with Gasteiger partial charge in [0.05, 0.1) is 0 Å². The van der Waals surface area contributed by atoms with Crippen LogP contribution in [0.1, 0.15) is 0 Å². The van der Waals surface area contributed by atoms with Gasteiger partial charge in [0.25, 0.3) is 0 Å². The molecule has 0 saturated carbocycles. The number of rotatable bonds is 0. The molecule has 0 unspecified atom stereocenters. The molecule has 0 aliphatic rings. The molecule has 0 aliphatic heterocycles. The third kappa shape index (κ3) is 9.56. The molecular formula is H5CsI2Mg. The quantitative estimate of drug-likeness (QED) is 0.375. The van der Waals surface area contributed by atoms with Crippen molar-refractivity contribution in [3.63, 3.8) is 0 Å². The van der Waals surface area contributed by atoms with Crippen molar-refractivity contribution in [2.24, 2.45) is 0 Å². The molecule has 0 aromatic heterocycles. The fourth-order valence-corrected chi connectivity index (χ4v) is 0. The second-order valence-corrected chi connectivity index (χ2v) is 0. The van der Waals surface area contributed by atoms with Gasteiger partial charge in [0.2, 0.25) is 0 Å². The molecule has 0 N–H and O–H groups in total. The molecule has 0 saturated heterocycles. The maximum atomic E-state index is 0. The van der Waals surface area contributed by atoms with Crippen molar-refractivity contribution in [3.05, 3.63) is 0 Å². The SMILES string of the molecule is I.I.[CsH].[MgH2]. The molecule has 0 aromatic carbocycles. The summed E-state index contributed by atoms with van der Waals surface area (Å²) in [6.07, 6.45) is 0. The Morgan fingerprint density at radius 2 is 0.750 bits per heavy atom. The monoisotopic (exact) mass is 416 g/mol. The molecule has 0 nitrogen and oxygen atoms in total. The number of hydrogen-bond acceptors (Lipinski definition) is 0. The molecule has 0 heterocycles. The number of halogens is 2. The van der Waals surface area contributed by atoms with Crippen molar-refractivity contribution in [1.29, 1.82) is 0 Å². The summed E-state index contributed by atoms with van der Waals surface area (Å²) in [4.78, 5) is 0. The van der Waals surface area contributed by atoms with E-state index in [2.05, 4.69) is 0 Å². The Morgan fingerprint density at radius 1 is 0.750 bits per heavy atom. The molecule has 0 amide bonds. The van der Waals surface area contributed by atoms with E-state index in [4.69, 9.17) is 0 Å². The minimum atomic E-state index is 0. The van der Waals surface area contributed by atoms with Crippen LogP contribution in [0.3, 0.4) is 0 Å². The molecule has 0 fully saturated rings. The molecule has 22 valence electrons. The van der Waals surface area contributed by atoms with Gasteiger partial charge in [0, 0.05) is 0 Å². The third-order valence-corrected chi connectivity index (χ3v) is 0. The van der Waals surface area contributed by atoms with E-state index in [1.807, 2.05) is 0 Å². The van der Waals surface area contributed by atoms with Gasteiger partial charge in [-0.05, 0) is 0 Å². The smallest absolute Gasteiger partial charge is 0.316 e. The fraction of sp³-hybridized carbons (Fsp3) is 0. The molecule has 0 spiro atoms. The first-order chi connectivity index (χ1) is 0. The van der Waals surface area contributed by atoms with Crippen LogP contribution in [0.4, 0.5) is 0 Å². The molecular weight excluding hydrogens is 411 g/mol. The van der Waals surface area contributed by atoms with E-state index in [0.29, 0.717) is 0 Å². The second-order valence-electron chi connectivity index (χ2n) is 0. The third-order valence-electron chi connectivity index (χ3n) is 0. The van der Waals surface area contributed by atoms with Crippen LogP contribution in [0.15, 0.2) is 0 Å². The zero-order chi connectivity index (χ0) is 0. The maximum absolute atomic E-state index is 0. The summed E-state index contributed by atoms with van der Waals surface area (Å²) >= 11 is 0. The van der Waals surface area contributed by atoms with Crippen LogP contribution >= 0.6 is 48.0 Å². The van der Waals surface area contributed by atoms with Crippen LogP contribution < -0.4 is 0 Å². The second kappa shape index (κ2) is 15.7. The van der Waals surface area contributed by atoms with E-state index in [9.17, 15) is 0 Å². The Balaban J connectivity index is 0. The first-order valence-corrected chi connectivity index (χ1v) is 0. The predicted octanol–water partition coefficient (Wildman–Crippen LogP) is -0.329. The molecule has 0 bridgehead atoms. The van der Waals surface area contributed by atoms with E-state index < -0.39 is 0 Å². The van der Waals surface area contributed by atoms with E-state index in [1.165, 1.54) is 0 Å². The summed E-state index contributed by atoms with van der Waals surface area (Å²) in [5.74, 6) is 0. The average molecular weight is 416 g/mol. The van der Waals surface area contributed by atoms with Crippen LogP contribution in [-0.4, -0.2) is 91.9 Å². The van der Waals surface area contributed by atoms with Crippen LogP contribution in [0.5, 0.6) is 0 Å². The normalized spacial score (nSPS) is 0. The van der Waals surface area contributed by atoms with Gasteiger partial charge < -0.3 is 0 Å². The average Bonchev–Trinajstić information content (AvgIpc) is 0. The molecule has 0 atom stereocenters. The van der Waals surface area contributed by atoms with Gasteiger partial charge in [-0.1, -0.05) is 0 Å². The summed E-state index contributed by atoms with van der Waals surface area (Å²) in [5, 5.41) is 0. The van der Waals surface area contributed by atoms with E-state index in [-0.39, 0.29) is 140 Å². The standard InChI is InChI=1S/Cs.2HI.Mg.3H/h;2*1H;;;;. The Labute approximate surface area is 135 Å². The Bertz CT molecular complexity index is 6.00. The van der Waals surface area contributed by atoms with Crippen molar-refractivity contribution < 1.29 is 0 Å². The molecule has 0 aromatic rings. The summed E-state index contributed by atoms with van der Waals surface area (Å²) in [7, 11) is 0. The molecule has 0 rings (SSSR count). The zero-order valence-electron chi connectivity index (χ0n) is 0.816. The minimum Gasteiger partial charge on any atom is 0.316 e. The first-order valence-electron chi connectivity index (χ1n) is 0. The molecule has 0 aliphatic carbocycles. The van der Waals surface area contributed by atoms with E-state index in [0.717, 1.165) is 0 Å². The van der Waals surface area contributed by atoms with Crippen molar-refractivity contribution in [2.75, 3.05) is 0 Å². The van der Waals surface area contributed by atoms with Gasteiger partial charge in [-0.15, -0.1) is 48.0 Å². The van der Waals surface area contributed by atoms with Crippen LogP contribution in [0, 0.1) is 0 Å². The van der Waals surface area contributed by atoms with Gasteiger partial charge in [0.15, 0.2) is 0 Å². The van der Waals surface area contributed by atoms with Gasteiger partial charge in [-0.25, -0.2) is 0 Å². The maximum Gasteiger partial charge on any atom is 0.316 e. The summed E-state index contributed by atoms with van der Waals surface area (Å²) in [6, 6.07) is 0. The summed E-state index contributed by atoms with van der Waals surface area (Å²) in [5.41, 5.74) is 0.